The molecule has 33 heavy (non-hydrogen) atoms. The van der Waals surface area contributed by atoms with Gasteiger partial charge in [-0.3, -0.25) is 14.2 Å². The Hall–Kier alpha value is -3.72. The number of amides is 1. The van der Waals surface area contributed by atoms with E-state index in [2.05, 4.69) is 10.00 Å². The summed E-state index contributed by atoms with van der Waals surface area (Å²) in [5, 5.41) is 19.1. The van der Waals surface area contributed by atoms with E-state index in [1.165, 1.54) is 12.1 Å². The van der Waals surface area contributed by atoms with E-state index in [1.807, 2.05) is 31.3 Å². The van der Waals surface area contributed by atoms with Crippen molar-refractivity contribution in [2.24, 2.45) is 7.05 Å². The summed E-state index contributed by atoms with van der Waals surface area (Å²) in [7, 11) is 1.80. The number of carbonyl (C=O) groups excluding carboxylic acids is 1. The van der Waals surface area contributed by atoms with Gasteiger partial charge < -0.3 is 14.9 Å². The summed E-state index contributed by atoms with van der Waals surface area (Å²) < 4.78 is 17.3. The molecule has 9 heteroatoms. The molecule has 0 aliphatic carbocycles. The number of aromatic nitrogens is 4. The highest BCUT2D eigenvalue weighted by Gasteiger charge is 2.33. The highest BCUT2D eigenvalue weighted by atomic mass is 19.1. The number of aliphatic hydroxyl groups excluding tert-OH is 1. The number of fused-ring (bicyclic) bond motifs is 2. The van der Waals surface area contributed by atoms with Crippen molar-refractivity contribution in [2.45, 2.75) is 26.4 Å². The number of anilines is 3. The van der Waals surface area contributed by atoms with Gasteiger partial charge in [0.05, 0.1) is 42.3 Å². The van der Waals surface area contributed by atoms with Crippen LogP contribution in [0, 0.1) is 5.82 Å². The highest BCUT2D eigenvalue weighted by Crippen LogP contribution is 2.43. The molecule has 170 valence electrons. The standard InChI is InChI=1S/C24H25FN6O2/c1-15-13-30(24-20-6-5-19(25)11-22(20)28(3)27-24)23-10-17(4-7-21(23)31(15)16(2)33)18-12-26-29(14-18)8-9-32/h4-7,10-12,14-15,32H,8-9,13H2,1-3H3. The minimum absolute atomic E-state index is 0.0118. The number of benzene rings is 2. The third-order valence-electron chi connectivity index (χ3n) is 6.10. The molecule has 0 bridgehead atoms. The zero-order chi connectivity index (χ0) is 23.3. The molecule has 1 amide bonds. The molecule has 0 saturated heterocycles. The Kier molecular flexibility index (Phi) is 5.13. The molecular weight excluding hydrogens is 423 g/mol. The van der Waals surface area contributed by atoms with E-state index in [1.54, 1.807) is 40.5 Å². The van der Waals surface area contributed by atoms with Crippen LogP contribution >= 0.6 is 0 Å². The maximum absolute atomic E-state index is 13.9. The lowest BCUT2D eigenvalue weighted by molar-refractivity contribution is -0.117. The fourth-order valence-electron chi connectivity index (χ4n) is 4.63. The lowest BCUT2D eigenvalue weighted by atomic mass is 10.0. The normalized spacial score (nSPS) is 15.8. The first-order chi connectivity index (χ1) is 15.9. The monoisotopic (exact) mass is 448 g/mol. The predicted octanol–water partition coefficient (Wildman–Crippen LogP) is 3.46. The van der Waals surface area contributed by atoms with Gasteiger partial charge in [0.2, 0.25) is 5.91 Å². The molecule has 0 saturated carbocycles. The second kappa shape index (κ2) is 8.00. The summed E-state index contributed by atoms with van der Waals surface area (Å²) in [4.78, 5) is 16.4. The number of hydrogen-bond acceptors (Lipinski definition) is 5. The van der Waals surface area contributed by atoms with Gasteiger partial charge >= 0.3 is 0 Å². The van der Waals surface area contributed by atoms with Gasteiger partial charge in [0.1, 0.15) is 5.82 Å². The van der Waals surface area contributed by atoms with Crippen molar-refractivity contribution in [1.82, 2.24) is 19.6 Å². The average Bonchev–Trinajstić information content (AvgIpc) is 3.37. The Bertz CT molecular complexity index is 1360. The van der Waals surface area contributed by atoms with Gasteiger partial charge in [-0.15, -0.1) is 0 Å². The summed E-state index contributed by atoms with van der Waals surface area (Å²) >= 11 is 0. The topological polar surface area (TPSA) is 79.4 Å². The molecule has 1 aliphatic heterocycles. The average molecular weight is 449 g/mol. The number of aliphatic hydroxyl groups is 1. The molecule has 5 rings (SSSR count). The minimum atomic E-state index is -0.311. The van der Waals surface area contributed by atoms with E-state index >= 15 is 0 Å². The molecule has 3 heterocycles. The Morgan fingerprint density at radius 2 is 2.00 bits per heavy atom. The van der Waals surface area contributed by atoms with E-state index in [4.69, 9.17) is 5.10 Å². The summed E-state index contributed by atoms with van der Waals surface area (Å²) in [6, 6.07) is 10.5. The summed E-state index contributed by atoms with van der Waals surface area (Å²) in [6.45, 7) is 4.56. The maximum atomic E-state index is 13.9. The second-order valence-electron chi connectivity index (χ2n) is 8.38. The van der Waals surface area contributed by atoms with Crippen molar-refractivity contribution >= 4 is 34.0 Å². The first kappa shape index (κ1) is 21.1. The van der Waals surface area contributed by atoms with Crippen molar-refractivity contribution in [2.75, 3.05) is 23.0 Å². The number of carbonyl (C=O) groups is 1. The number of rotatable bonds is 4. The zero-order valence-corrected chi connectivity index (χ0v) is 18.7. The van der Waals surface area contributed by atoms with Crippen LogP contribution in [0.15, 0.2) is 48.8 Å². The van der Waals surface area contributed by atoms with E-state index in [0.29, 0.717) is 18.6 Å². The molecule has 8 nitrogen and oxygen atoms in total. The number of nitrogens with zero attached hydrogens (tertiary/aromatic N) is 6. The van der Waals surface area contributed by atoms with E-state index < -0.39 is 0 Å². The largest absolute Gasteiger partial charge is 0.394 e. The van der Waals surface area contributed by atoms with Crippen LogP contribution < -0.4 is 9.80 Å². The Labute approximate surface area is 190 Å². The van der Waals surface area contributed by atoms with Crippen LogP contribution in [0.25, 0.3) is 22.0 Å². The lowest BCUT2D eigenvalue weighted by Gasteiger charge is -2.41. The van der Waals surface area contributed by atoms with Gasteiger partial charge in [-0.2, -0.15) is 10.2 Å². The third-order valence-corrected chi connectivity index (χ3v) is 6.10. The van der Waals surface area contributed by atoms with Gasteiger partial charge in [0.25, 0.3) is 0 Å². The Morgan fingerprint density at radius 3 is 2.76 bits per heavy atom. The molecule has 0 spiro atoms. The van der Waals surface area contributed by atoms with Crippen LogP contribution in [-0.4, -0.2) is 49.8 Å². The number of hydrogen-bond donors (Lipinski definition) is 1. The molecule has 2 aromatic carbocycles. The van der Waals surface area contributed by atoms with Crippen molar-refractivity contribution in [3.05, 3.63) is 54.6 Å². The molecule has 2 aromatic heterocycles. The summed E-state index contributed by atoms with van der Waals surface area (Å²) in [5.74, 6) is 0.381. The van der Waals surface area contributed by atoms with Crippen LogP contribution in [0.1, 0.15) is 13.8 Å². The van der Waals surface area contributed by atoms with E-state index in [-0.39, 0.29) is 24.4 Å². The molecule has 4 aromatic rings. The van der Waals surface area contributed by atoms with Gasteiger partial charge in [-0.1, -0.05) is 6.07 Å². The van der Waals surface area contributed by atoms with Gasteiger partial charge in [-0.05, 0) is 42.8 Å². The highest BCUT2D eigenvalue weighted by molar-refractivity contribution is 6.01. The molecule has 1 unspecified atom stereocenters. The Balaban J connectivity index is 1.68. The molecule has 1 atom stereocenters. The molecular formula is C24H25FN6O2. The van der Waals surface area contributed by atoms with Gasteiger partial charge in [0, 0.05) is 37.7 Å². The van der Waals surface area contributed by atoms with Crippen LogP contribution in [0.3, 0.4) is 0 Å². The quantitative estimate of drug-likeness (QED) is 0.517. The molecule has 0 radical (unpaired) electrons. The van der Waals surface area contributed by atoms with Crippen molar-refractivity contribution < 1.29 is 14.3 Å². The van der Waals surface area contributed by atoms with Gasteiger partial charge in [-0.25, -0.2) is 4.39 Å². The van der Waals surface area contributed by atoms with Crippen molar-refractivity contribution in [3.63, 3.8) is 0 Å². The third kappa shape index (κ3) is 3.54. The molecule has 0 fully saturated rings. The second-order valence-corrected chi connectivity index (χ2v) is 8.38. The molecule has 1 aliphatic rings. The predicted molar refractivity (Wildman–Crippen MR) is 125 cm³/mol. The number of halogens is 1. The van der Waals surface area contributed by atoms with Gasteiger partial charge in [0.15, 0.2) is 5.82 Å². The van der Waals surface area contributed by atoms with Crippen LogP contribution in [0.4, 0.5) is 21.6 Å². The van der Waals surface area contributed by atoms with Crippen LogP contribution in [0.5, 0.6) is 0 Å². The minimum Gasteiger partial charge on any atom is -0.394 e. The number of aryl methyl sites for hydroxylation is 1. The SMILES string of the molecule is CC(=O)N1c2ccc(-c3cnn(CCO)c3)cc2N(c2nn(C)c3cc(F)ccc23)CC1C. The first-order valence-corrected chi connectivity index (χ1v) is 10.8. The smallest absolute Gasteiger partial charge is 0.224 e. The molecule has 1 N–H and O–H groups in total. The van der Waals surface area contributed by atoms with E-state index in [9.17, 15) is 14.3 Å². The fourth-order valence-corrected chi connectivity index (χ4v) is 4.63. The van der Waals surface area contributed by atoms with E-state index in [0.717, 1.165) is 33.7 Å². The van der Waals surface area contributed by atoms with Crippen molar-refractivity contribution in [1.29, 1.82) is 0 Å². The Morgan fingerprint density at radius 1 is 1.18 bits per heavy atom. The van der Waals surface area contributed by atoms with Crippen LogP contribution in [-0.2, 0) is 18.4 Å². The van der Waals surface area contributed by atoms with Crippen LogP contribution in [0.2, 0.25) is 0 Å². The summed E-state index contributed by atoms with van der Waals surface area (Å²) in [5.41, 5.74) is 4.20. The fraction of sp³-hybridized carbons (Fsp3) is 0.292. The lowest BCUT2D eigenvalue weighted by Crippen LogP contribution is -2.48. The van der Waals surface area contributed by atoms with Crippen molar-refractivity contribution in [3.8, 4) is 11.1 Å². The first-order valence-electron chi connectivity index (χ1n) is 10.8. The maximum Gasteiger partial charge on any atom is 0.224 e. The zero-order valence-electron chi connectivity index (χ0n) is 18.7. The summed E-state index contributed by atoms with van der Waals surface area (Å²) in [6.07, 6.45) is 3.64.